The van der Waals surface area contributed by atoms with Crippen molar-refractivity contribution in [2.45, 2.75) is 6.61 Å². The van der Waals surface area contributed by atoms with Gasteiger partial charge in [-0.2, -0.15) is 8.78 Å². The van der Waals surface area contributed by atoms with Gasteiger partial charge in [0, 0.05) is 23.9 Å². The summed E-state index contributed by atoms with van der Waals surface area (Å²) in [5.41, 5.74) is 0.494. The predicted molar refractivity (Wildman–Crippen MR) is 91.5 cm³/mol. The summed E-state index contributed by atoms with van der Waals surface area (Å²) in [5.74, 6) is -0.486. The quantitative estimate of drug-likeness (QED) is 0.708. The van der Waals surface area contributed by atoms with Crippen LogP contribution in [0.3, 0.4) is 0 Å². The molecule has 0 aliphatic heterocycles. The Labute approximate surface area is 153 Å². The van der Waals surface area contributed by atoms with E-state index in [1.165, 1.54) is 38.5 Å². The lowest BCUT2D eigenvalue weighted by Crippen LogP contribution is -2.21. The lowest BCUT2D eigenvalue weighted by atomic mass is 10.2. The van der Waals surface area contributed by atoms with Crippen LogP contribution in [0.25, 0.3) is 0 Å². The molecule has 2 aromatic carbocycles. The second-order valence-electron chi connectivity index (χ2n) is 5.13. The van der Waals surface area contributed by atoms with Crippen LogP contribution in [0.5, 0.6) is 17.2 Å². The van der Waals surface area contributed by atoms with E-state index >= 15 is 0 Å². The normalized spacial score (nSPS) is 10.3. The number of methoxy groups -OCH3 is 2. The maximum Gasteiger partial charge on any atom is 0.387 e. The second-order valence-corrected chi connectivity index (χ2v) is 5.13. The zero-order chi connectivity index (χ0) is 19.8. The number of esters is 1. The van der Waals surface area contributed by atoms with Crippen LogP contribution in [-0.2, 0) is 9.53 Å². The van der Waals surface area contributed by atoms with Crippen molar-refractivity contribution in [1.29, 1.82) is 0 Å². The minimum Gasteiger partial charge on any atom is -0.497 e. The van der Waals surface area contributed by atoms with Crippen molar-refractivity contribution in [3.8, 4) is 17.2 Å². The summed E-state index contributed by atoms with van der Waals surface area (Å²) in [5, 5.41) is 2.55. The van der Waals surface area contributed by atoms with E-state index in [1.807, 2.05) is 0 Å². The van der Waals surface area contributed by atoms with Gasteiger partial charge < -0.3 is 24.3 Å². The summed E-state index contributed by atoms with van der Waals surface area (Å²) in [6, 6.07) is 9.69. The summed E-state index contributed by atoms with van der Waals surface area (Å²) in [4.78, 5) is 23.9. The first-order valence-electron chi connectivity index (χ1n) is 7.66. The van der Waals surface area contributed by atoms with Gasteiger partial charge in [0.15, 0.2) is 6.61 Å². The smallest absolute Gasteiger partial charge is 0.387 e. The van der Waals surface area contributed by atoms with Crippen molar-refractivity contribution in [2.24, 2.45) is 0 Å². The predicted octanol–water partition coefficient (Wildman–Crippen LogP) is 3.10. The Bertz CT molecular complexity index is 773. The molecule has 0 saturated carbocycles. The molecule has 0 saturated heterocycles. The van der Waals surface area contributed by atoms with E-state index in [0.717, 1.165) is 0 Å². The number of hydrogen-bond donors (Lipinski definition) is 1. The van der Waals surface area contributed by atoms with Gasteiger partial charge in [0.25, 0.3) is 5.91 Å². The van der Waals surface area contributed by atoms with Gasteiger partial charge in [-0.25, -0.2) is 4.79 Å². The Kier molecular flexibility index (Phi) is 6.93. The molecule has 9 heteroatoms. The van der Waals surface area contributed by atoms with E-state index in [0.29, 0.717) is 17.2 Å². The molecular formula is C18H17F2NO6. The molecular weight excluding hydrogens is 364 g/mol. The fraction of sp³-hybridized carbons (Fsp3) is 0.222. The van der Waals surface area contributed by atoms with Crippen LogP contribution in [0.2, 0.25) is 0 Å². The first kappa shape index (κ1) is 20.0. The van der Waals surface area contributed by atoms with Gasteiger partial charge in [0.05, 0.1) is 19.8 Å². The van der Waals surface area contributed by atoms with Crippen molar-refractivity contribution < 1.29 is 37.3 Å². The number of nitrogens with one attached hydrogen (secondary N) is 1. The van der Waals surface area contributed by atoms with Gasteiger partial charge >= 0.3 is 12.6 Å². The van der Waals surface area contributed by atoms with Crippen LogP contribution >= 0.6 is 0 Å². The molecule has 0 fully saturated rings. The van der Waals surface area contributed by atoms with Gasteiger partial charge in [0.1, 0.15) is 17.2 Å². The highest BCUT2D eigenvalue weighted by Gasteiger charge is 2.12. The summed E-state index contributed by atoms with van der Waals surface area (Å²) >= 11 is 0. The minimum absolute atomic E-state index is 0.0902. The molecule has 0 spiro atoms. The molecule has 0 aliphatic carbocycles. The third kappa shape index (κ3) is 6.14. The molecule has 1 N–H and O–H groups in total. The van der Waals surface area contributed by atoms with E-state index in [4.69, 9.17) is 14.2 Å². The molecule has 7 nitrogen and oxygen atoms in total. The highest BCUT2D eigenvalue weighted by atomic mass is 19.3. The Balaban J connectivity index is 1.90. The average Bonchev–Trinajstić information content (AvgIpc) is 2.65. The zero-order valence-electron chi connectivity index (χ0n) is 14.5. The fourth-order valence-corrected chi connectivity index (χ4v) is 2.06. The molecule has 27 heavy (non-hydrogen) atoms. The Hall–Kier alpha value is -3.36. The molecule has 0 radical (unpaired) electrons. The Morgan fingerprint density at radius 1 is 0.963 bits per heavy atom. The number of ether oxygens (including phenoxy) is 4. The number of halogens is 2. The van der Waals surface area contributed by atoms with Crippen molar-refractivity contribution in [3.05, 3.63) is 48.0 Å². The number of carbonyl (C=O) groups excluding carboxylic acids is 2. The van der Waals surface area contributed by atoms with E-state index in [2.05, 4.69) is 10.1 Å². The molecule has 0 aromatic heterocycles. The largest absolute Gasteiger partial charge is 0.497 e. The van der Waals surface area contributed by atoms with Gasteiger partial charge in [-0.15, -0.1) is 0 Å². The zero-order valence-corrected chi connectivity index (χ0v) is 14.5. The van der Waals surface area contributed by atoms with Crippen LogP contribution < -0.4 is 19.5 Å². The standard InChI is InChI=1S/C18H17F2NO6/c1-24-14-7-12(8-15(9-14)25-2)21-16(22)10-26-17(23)11-3-5-13(6-4-11)27-18(19)20/h3-9,18H,10H2,1-2H3,(H,21,22). The number of hydrogen-bond acceptors (Lipinski definition) is 6. The summed E-state index contributed by atoms with van der Waals surface area (Å²) in [7, 11) is 2.94. The highest BCUT2D eigenvalue weighted by molar-refractivity contribution is 5.95. The first-order chi connectivity index (χ1) is 12.9. The van der Waals surface area contributed by atoms with E-state index in [9.17, 15) is 18.4 Å². The number of anilines is 1. The Morgan fingerprint density at radius 3 is 2.07 bits per heavy atom. The number of alkyl halides is 2. The molecule has 144 valence electrons. The van der Waals surface area contributed by atoms with Gasteiger partial charge in [-0.1, -0.05) is 0 Å². The van der Waals surface area contributed by atoms with Crippen LogP contribution in [-0.4, -0.2) is 39.3 Å². The van der Waals surface area contributed by atoms with E-state index in [1.54, 1.807) is 18.2 Å². The van der Waals surface area contributed by atoms with Crippen LogP contribution in [0.15, 0.2) is 42.5 Å². The number of carbonyl (C=O) groups is 2. The maximum absolute atomic E-state index is 12.1. The topological polar surface area (TPSA) is 83.1 Å². The van der Waals surface area contributed by atoms with Gasteiger partial charge in [-0.05, 0) is 24.3 Å². The number of amides is 1. The monoisotopic (exact) mass is 381 g/mol. The summed E-state index contributed by atoms with van der Waals surface area (Å²) in [6.07, 6.45) is 0. The summed E-state index contributed by atoms with van der Waals surface area (Å²) < 4.78 is 43.4. The average molecular weight is 381 g/mol. The molecule has 1 amide bonds. The van der Waals surface area contributed by atoms with E-state index < -0.39 is 25.1 Å². The molecule has 0 heterocycles. The molecule has 0 unspecified atom stereocenters. The van der Waals surface area contributed by atoms with Gasteiger partial charge in [0.2, 0.25) is 0 Å². The number of rotatable bonds is 8. The molecule has 2 aromatic rings. The van der Waals surface area contributed by atoms with Crippen molar-refractivity contribution in [3.63, 3.8) is 0 Å². The first-order valence-corrected chi connectivity index (χ1v) is 7.66. The molecule has 0 atom stereocenters. The van der Waals surface area contributed by atoms with Crippen LogP contribution in [0.4, 0.5) is 14.5 Å². The van der Waals surface area contributed by atoms with Gasteiger partial charge in [-0.3, -0.25) is 4.79 Å². The maximum atomic E-state index is 12.1. The van der Waals surface area contributed by atoms with Crippen molar-refractivity contribution in [2.75, 3.05) is 26.1 Å². The molecule has 2 rings (SSSR count). The Morgan fingerprint density at radius 2 is 1.56 bits per heavy atom. The third-order valence-corrected chi connectivity index (χ3v) is 3.28. The third-order valence-electron chi connectivity index (χ3n) is 3.28. The summed E-state index contributed by atoms with van der Waals surface area (Å²) in [6.45, 7) is -3.49. The molecule has 0 bridgehead atoms. The molecule has 0 aliphatic rings. The lowest BCUT2D eigenvalue weighted by molar-refractivity contribution is -0.119. The van der Waals surface area contributed by atoms with Crippen molar-refractivity contribution in [1.82, 2.24) is 0 Å². The SMILES string of the molecule is COc1cc(NC(=O)COC(=O)c2ccc(OC(F)F)cc2)cc(OC)c1. The van der Waals surface area contributed by atoms with E-state index in [-0.39, 0.29) is 11.3 Å². The van der Waals surface area contributed by atoms with Crippen LogP contribution in [0, 0.1) is 0 Å². The minimum atomic E-state index is -2.96. The van der Waals surface area contributed by atoms with Crippen molar-refractivity contribution >= 4 is 17.6 Å². The lowest BCUT2D eigenvalue weighted by Gasteiger charge is -2.10. The number of benzene rings is 2. The van der Waals surface area contributed by atoms with Crippen LogP contribution in [0.1, 0.15) is 10.4 Å². The highest BCUT2D eigenvalue weighted by Crippen LogP contribution is 2.25. The second kappa shape index (κ2) is 9.37. The fourth-order valence-electron chi connectivity index (χ4n) is 2.06.